The van der Waals surface area contributed by atoms with Crippen LogP contribution in [0.2, 0.25) is 0 Å². The lowest BCUT2D eigenvalue weighted by Crippen LogP contribution is -2.46. The molecular weight excluding hydrogens is 442 g/mol. The van der Waals surface area contributed by atoms with Gasteiger partial charge in [-0.1, -0.05) is 62.4 Å². The van der Waals surface area contributed by atoms with Crippen LogP contribution in [0.25, 0.3) is 27.5 Å². The number of piperazine rings is 1. The maximum Gasteiger partial charge on any atom is 0.157 e. The average molecular weight is 474 g/mol. The molecule has 0 unspecified atom stereocenters. The molecule has 5 heteroatoms. The summed E-state index contributed by atoms with van der Waals surface area (Å²) in [6.07, 6.45) is 0. The van der Waals surface area contributed by atoms with Crippen LogP contribution in [0.5, 0.6) is 0 Å². The van der Waals surface area contributed by atoms with Gasteiger partial charge in [-0.15, -0.1) is 0 Å². The molecule has 0 aliphatic carbocycles. The molecule has 1 aliphatic heterocycles. The SMILES string of the molecule is Cc1ccc2ccccc2c1CN1CCN(c2cc(C(C)C)c(C#N)c3nc4ccccc4n23)CC1. The summed E-state index contributed by atoms with van der Waals surface area (Å²) in [6, 6.07) is 26.1. The van der Waals surface area contributed by atoms with Gasteiger partial charge in [0, 0.05) is 32.7 Å². The van der Waals surface area contributed by atoms with Gasteiger partial charge in [-0.25, -0.2) is 4.98 Å². The fraction of sp³-hybridized carbons (Fsp3) is 0.290. The van der Waals surface area contributed by atoms with Crippen molar-refractivity contribution in [3.8, 4) is 6.07 Å². The zero-order valence-corrected chi connectivity index (χ0v) is 21.2. The van der Waals surface area contributed by atoms with E-state index in [0.29, 0.717) is 5.56 Å². The van der Waals surface area contributed by atoms with E-state index in [1.165, 1.54) is 21.9 Å². The van der Waals surface area contributed by atoms with Crippen molar-refractivity contribution in [3.05, 3.63) is 89.0 Å². The second-order valence-electron chi connectivity index (χ2n) is 10.2. The summed E-state index contributed by atoms with van der Waals surface area (Å²) in [5.74, 6) is 1.39. The summed E-state index contributed by atoms with van der Waals surface area (Å²) < 4.78 is 2.20. The minimum absolute atomic E-state index is 0.249. The summed E-state index contributed by atoms with van der Waals surface area (Å²) in [4.78, 5) is 9.94. The maximum atomic E-state index is 10.0. The molecule has 1 aliphatic rings. The van der Waals surface area contributed by atoms with E-state index in [9.17, 15) is 5.26 Å². The molecule has 3 heterocycles. The number of aryl methyl sites for hydroxylation is 1. The van der Waals surface area contributed by atoms with Gasteiger partial charge in [0.2, 0.25) is 0 Å². The minimum Gasteiger partial charge on any atom is -0.355 e. The van der Waals surface area contributed by atoms with Crippen LogP contribution in [-0.2, 0) is 6.54 Å². The molecule has 0 radical (unpaired) electrons. The van der Waals surface area contributed by atoms with Crippen molar-refractivity contribution in [3.63, 3.8) is 0 Å². The van der Waals surface area contributed by atoms with Crippen molar-refractivity contribution in [2.45, 2.75) is 33.2 Å². The van der Waals surface area contributed by atoms with Crippen LogP contribution in [0.3, 0.4) is 0 Å². The number of nitriles is 1. The molecule has 0 atom stereocenters. The third kappa shape index (κ3) is 3.70. The summed E-state index contributed by atoms with van der Waals surface area (Å²) >= 11 is 0. The molecule has 0 bridgehead atoms. The van der Waals surface area contributed by atoms with Crippen LogP contribution < -0.4 is 4.90 Å². The number of para-hydroxylation sites is 2. The first-order chi connectivity index (χ1) is 17.5. The Morgan fingerprint density at radius 3 is 2.47 bits per heavy atom. The van der Waals surface area contributed by atoms with Gasteiger partial charge in [-0.3, -0.25) is 9.30 Å². The van der Waals surface area contributed by atoms with E-state index in [1.54, 1.807) is 0 Å². The number of rotatable bonds is 4. The number of anilines is 1. The number of hydrogen-bond acceptors (Lipinski definition) is 4. The van der Waals surface area contributed by atoms with E-state index < -0.39 is 0 Å². The molecular formula is C31H31N5. The van der Waals surface area contributed by atoms with Gasteiger partial charge >= 0.3 is 0 Å². The van der Waals surface area contributed by atoms with Gasteiger partial charge in [-0.05, 0) is 58.5 Å². The maximum absolute atomic E-state index is 10.0. The van der Waals surface area contributed by atoms with Gasteiger partial charge in [0.25, 0.3) is 0 Å². The third-order valence-corrected chi connectivity index (χ3v) is 7.67. The molecule has 6 rings (SSSR count). The number of imidazole rings is 1. The van der Waals surface area contributed by atoms with Crippen LogP contribution in [-0.4, -0.2) is 40.5 Å². The summed E-state index contributed by atoms with van der Waals surface area (Å²) in [6.45, 7) is 11.4. The van der Waals surface area contributed by atoms with Gasteiger partial charge in [0.1, 0.15) is 11.9 Å². The molecule has 36 heavy (non-hydrogen) atoms. The van der Waals surface area contributed by atoms with E-state index in [4.69, 9.17) is 4.98 Å². The van der Waals surface area contributed by atoms with Crippen LogP contribution in [0.1, 0.15) is 42.0 Å². The van der Waals surface area contributed by atoms with Crippen molar-refractivity contribution in [1.82, 2.24) is 14.3 Å². The Kier molecular flexibility index (Phi) is 5.62. The Morgan fingerprint density at radius 2 is 1.69 bits per heavy atom. The van der Waals surface area contributed by atoms with Crippen molar-refractivity contribution in [2.75, 3.05) is 31.1 Å². The molecule has 1 saturated heterocycles. The summed E-state index contributed by atoms with van der Waals surface area (Å²) in [7, 11) is 0. The van der Waals surface area contributed by atoms with Gasteiger partial charge in [0.05, 0.1) is 16.6 Å². The number of hydrogen-bond donors (Lipinski definition) is 0. The zero-order chi connectivity index (χ0) is 24.8. The van der Waals surface area contributed by atoms with Gasteiger partial charge < -0.3 is 4.90 Å². The molecule has 0 spiro atoms. The van der Waals surface area contributed by atoms with Crippen LogP contribution in [0.15, 0.2) is 66.7 Å². The molecule has 180 valence electrons. The highest BCUT2D eigenvalue weighted by atomic mass is 15.3. The van der Waals surface area contributed by atoms with Crippen LogP contribution in [0.4, 0.5) is 5.82 Å². The highest BCUT2D eigenvalue weighted by Crippen LogP contribution is 2.33. The van der Waals surface area contributed by atoms with E-state index >= 15 is 0 Å². The molecule has 5 aromatic rings. The number of pyridine rings is 1. The number of benzene rings is 3. The predicted molar refractivity (Wildman–Crippen MR) is 148 cm³/mol. The predicted octanol–water partition coefficient (Wildman–Crippen LogP) is 6.27. The molecule has 2 aromatic heterocycles. The quantitative estimate of drug-likeness (QED) is 0.309. The van der Waals surface area contributed by atoms with Crippen molar-refractivity contribution in [1.29, 1.82) is 5.26 Å². The van der Waals surface area contributed by atoms with Gasteiger partial charge in [0.15, 0.2) is 5.65 Å². The van der Waals surface area contributed by atoms with E-state index in [-0.39, 0.29) is 5.92 Å². The van der Waals surface area contributed by atoms with E-state index in [2.05, 4.69) is 89.6 Å². The Morgan fingerprint density at radius 1 is 0.944 bits per heavy atom. The zero-order valence-electron chi connectivity index (χ0n) is 21.2. The van der Waals surface area contributed by atoms with Gasteiger partial charge in [-0.2, -0.15) is 5.26 Å². The minimum atomic E-state index is 0.249. The van der Waals surface area contributed by atoms with Crippen molar-refractivity contribution >= 4 is 33.3 Å². The molecule has 0 N–H and O–H groups in total. The first-order valence-corrected chi connectivity index (χ1v) is 12.8. The molecule has 0 amide bonds. The first kappa shape index (κ1) is 22.6. The monoisotopic (exact) mass is 473 g/mol. The first-order valence-electron chi connectivity index (χ1n) is 12.8. The van der Waals surface area contributed by atoms with Crippen LogP contribution in [0, 0.1) is 18.3 Å². The molecule has 1 fully saturated rings. The number of nitrogens with zero attached hydrogens (tertiary/aromatic N) is 5. The third-order valence-electron chi connectivity index (χ3n) is 7.67. The number of aromatic nitrogens is 2. The average Bonchev–Trinajstić information content (AvgIpc) is 3.29. The topological polar surface area (TPSA) is 47.6 Å². The summed E-state index contributed by atoms with van der Waals surface area (Å²) in [5, 5.41) is 12.7. The second kappa shape index (κ2) is 8.96. The fourth-order valence-electron chi connectivity index (χ4n) is 5.65. The lowest BCUT2D eigenvalue weighted by atomic mass is 9.98. The highest BCUT2D eigenvalue weighted by Gasteiger charge is 2.25. The van der Waals surface area contributed by atoms with Crippen molar-refractivity contribution < 1.29 is 0 Å². The van der Waals surface area contributed by atoms with Crippen molar-refractivity contribution in [2.24, 2.45) is 0 Å². The molecule has 3 aromatic carbocycles. The standard InChI is InChI=1S/C31H31N5/c1-21(2)25-18-30(36-29-11-7-6-10-28(29)33-31(36)26(25)19-32)35-16-14-34(15-17-35)20-27-22(3)12-13-23-8-4-5-9-24(23)27/h4-13,18,21H,14-17,20H2,1-3H3. The van der Waals surface area contributed by atoms with Crippen LogP contribution >= 0.6 is 0 Å². The lowest BCUT2D eigenvalue weighted by Gasteiger charge is -2.37. The largest absolute Gasteiger partial charge is 0.355 e. The second-order valence-corrected chi connectivity index (χ2v) is 10.2. The Hall–Kier alpha value is -3.88. The lowest BCUT2D eigenvalue weighted by molar-refractivity contribution is 0.249. The fourth-order valence-corrected chi connectivity index (χ4v) is 5.65. The number of fused-ring (bicyclic) bond motifs is 4. The summed E-state index contributed by atoms with van der Waals surface area (Å²) in [5.41, 5.74) is 7.32. The highest BCUT2D eigenvalue weighted by molar-refractivity contribution is 5.87. The smallest absolute Gasteiger partial charge is 0.157 e. The Bertz CT molecular complexity index is 1630. The van der Waals surface area contributed by atoms with E-state index in [0.717, 1.165) is 60.8 Å². The molecule has 5 nitrogen and oxygen atoms in total. The normalized spacial score (nSPS) is 14.8. The molecule has 0 saturated carbocycles. The Labute approximate surface area is 212 Å². The Balaban J connectivity index is 1.34. The van der Waals surface area contributed by atoms with E-state index in [1.807, 2.05) is 18.2 Å².